The largest absolute Gasteiger partial charge is 0.368 e. The third-order valence-corrected chi connectivity index (χ3v) is 5.50. The van der Waals surface area contributed by atoms with Gasteiger partial charge in [0.25, 0.3) is 5.56 Å². The second kappa shape index (κ2) is 8.14. The molecule has 8 nitrogen and oxygen atoms in total. The Morgan fingerprint density at radius 3 is 2.37 bits per heavy atom. The molecule has 8 heteroatoms. The van der Waals surface area contributed by atoms with Gasteiger partial charge in [-0.25, -0.2) is 0 Å². The summed E-state index contributed by atoms with van der Waals surface area (Å²) in [5, 5.41) is 2.83. The van der Waals surface area contributed by atoms with Crippen molar-refractivity contribution in [1.82, 2.24) is 9.47 Å². The number of primary amides is 1. The van der Waals surface area contributed by atoms with Gasteiger partial charge in [0, 0.05) is 48.4 Å². The summed E-state index contributed by atoms with van der Waals surface area (Å²) in [5.41, 5.74) is 6.61. The van der Waals surface area contributed by atoms with E-state index in [1.807, 2.05) is 0 Å². The number of likely N-dealkylation sites (tertiary alicyclic amines) is 1. The SMILES string of the molecule is NC(=O)C1[CH]C(C(=O)Nc2ccc(-n3ccccc3=O)cc2)CCN1C(=O)C1CC1. The number of pyridine rings is 1. The quantitative estimate of drug-likeness (QED) is 0.772. The smallest absolute Gasteiger partial charge is 0.255 e. The van der Waals surface area contributed by atoms with Crippen LogP contribution in [-0.4, -0.2) is 39.8 Å². The van der Waals surface area contributed by atoms with Crippen molar-refractivity contribution < 1.29 is 14.4 Å². The molecule has 2 aliphatic rings. The highest BCUT2D eigenvalue weighted by molar-refractivity contribution is 5.96. The second-order valence-electron chi connectivity index (χ2n) is 7.69. The number of rotatable bonds is 5. The summed E-state index contributed by atoms with van der Waals surface area (Å²) < 4.78 is 1.50. The van der Waals surface area contributed by atoms with Crippen LogP contribution in [0.1, 0.15) is 19.3 Å². The zero-order valence-electron chi connectivity index (χ0n) is 16.4. The molecule has 3 amide bonds. The molecule has 1 aromatic heterocycles. The molecule has 30 heavy (non-hydrogen) atoms. The molecule has 0 bridgehead atoms. The second-order valence-corrected chi connectivity index (χ2v) is 7.69. The van der Waals surface area contributed by atoms with Gasteiger partial charge in [-0.05, 0) is 49.6 Å². The maximum atomic E-state index is 12.7. The Kier molecular flexibility index (Phi) is 5.39. The van der Waals surface area contributed by atoms with Crippen molar-refractivity contribution in [3.05, 3.63) is 65.4 Å². The summed E-state index contributed by atoms with van der Waals surface area (Å²) in [4.78, 5) is 50.4. The van der Waals surface area contributed by atoms with E-state index in [0.717, 1.165) is 12.8 Å². The van der Waals surface area contributed by atoms with Crippen LogP contribution in [0.2, 0.25) is 0 Å². The zero-order chi connectivity index (χ0) is 21.3. The fourth-order valence-electron chi connectivity index (χ4n) is 3.70. The molecule has 3 N–H and O–H groups in total. The molecule has 2 atom stereocenters. The lowest BCUT2D eigenvalue weighted by Crippen LogP contribution is -2.54. The summed E-state index contributed by atoms with van der Waals surface area (Å²) in [6.07, 6.45) is 5.36. The van der Waals surface area contributed by atoms with Crippen molar-refractivity contribution in [1.29, 1.82) is 0 Å². The van der Waals surface area contributed by atoms with Gasteiger partial charge in [-0.2, -0.15) is 0 Å². The first-order valence-electron chi connectivity index (χ1n) is 9.98. The minimum atomic E-state index is -0.866. The molecule has 2 unspecified atom stereocenters. The summed E-state index contributed by atoms with van der Waals surface area (Å²) in [6.45, 7) is 0.327. The van der Waals surface area contributed by atoms with Crippen LogP contribution in [-0.2, 0) is 14.4 Å². The van der Waals surface area contributed by atoms with Gasteiger partial charge in [-0.1, -0.05) is 6.07 Å². The van der Waals surface area contributed by atoms with Crippen molar-refractivity contribution in [2.75, 3.05) is 11.9 Å². The number of nitrogens with two attached hydrogens (primary N) is 1. The van der Waals surface area contributed by atoms with Gasteiger partial charge in [0.2, 0.25) is 17.7 Å². The summed E-state index contributed by atoms with van der Waals surface area (Å²) in [6, 6.07) is 11.0. The van der Waals surface area contributed by atoms with Gasteiger partial charge < -0.3 is 16.0 Å². The average Bonchev–Trinajstić information content (AvgIpc) is 3.59. The van der Waals surface area contributed by atoms with Crippen molar-refractivity contribution in [3.8, 4) is 5.69 Å². The van der Waals surface area contributed by atoms with Gasteiger partial charge in [0.15, 0.2) is 0 Å². The van der Waals surface area contributed by atoms with E-state index in [9.17, 15) is 19.2 Å². The molecule has 1 aliphatic carbocycles. The van der Waals surface area contributed by atoms with Gasteiger partial charge in [0.05, 0.1) is 0 Å². The Labute approximate surface area is 173 Å². The lowest BCUT2D eigenvalue weighted by atomic mass is 9.89. The van der Waals surface area contributed by atoms with Crippen molar-refractivity contribution >= 4 is 23.4 Å². The number of nitrogens with one attached hydrogen (secondary N) is 1. The highest BCUT2D eigenvalue weighted by Crippen LogP contribution is 2.34. The fourth-order valence-corrected chi connectivity index (χ4v) is 3.70. The lowest BCUT2D eigenvalue weighted by molar-refractivity contribution is -0.141. The van der Waals surface area contributed by atoms with E-state index in [0.29, 0.717) is 24.3 Å². The predicted octanol–water partition coefficient (Wildman–Crippen LogP) is 1.09. The zero-order valence-corrected chi connectivity index (χ0v) is 16.4. The Bertz CT molecular complexity index is 1030. The highest BCUT2D eigenvalue weighted by atomic mass is 16.2. The first kappa shape index (κ1) is 19.9. The van der Waals surface area contributed by atoms with E-state index in [4.69, 9.17) is 5.73 Å². The minimum absolute atomic E-state index is 0.0127. The van der Waals surface area contributed by atoms with Gasteiger partial charge in [0.1, 0.15) is 6.04 Å². The molecular formula is C22H23N4O4. The van der Waals surface area contributed by atoms with Crippen LogP contribution in [0, 0.1) is 18.3 Å². The van der Waals surface area contributed by atoms with E-state index in [2.05, 4.69) is 5.32 Å². The maximum absolute atomic E-state index is 12.7. The number of anilines is 1. The molecule has 1 saturated heterocycles. The molecule has 155 valence electrons. The van der Waals surface area contributed by atoms with Crippen molar-refractivity contribution in [2.45, 2.75) is 25.3 Å². The number of nitrogens with zero attached hydrogens (tertiary/aromatic N) is 2. The van der Waals surface area contributed by atoms with Crippen LogP contribution < -0.4 is 16.6 Å². The number of aromatic nitrogens is 1. The van der Waals surface area contributed by atoms with E-state index in [1.54, 1.807) is 49.0 Å². The molecule has 1 saturated carbocycles. The number of amides is 3. The molecule has 2 fully saturated rings. The molecule has 1 aliphatic heterocycles. The van der Waals surface area contributed by atoms with E-state index in [1.165, 1.54) is 15.5 Å². The van der Waals surface area contributed by atoms with Crippen LogP contribution in [0.4, 0.5) is 5.69 Å². The van der Waals surface area contributed by atoms with E-state index < -0.39 is 17.9 Å². The lowest BCUT2D eigenvalue weighted by Gasteiger charge is -2.37. The molecular weight excluding hydrogens is 384 g/mol. The number of piperidine rings is 1. The number of hydrogen-bond acceptors (Lipinski definition) is 4. The molecule has 1 aromatic carbocycles. The predicted molar refractivity (Wildman–Crippen MR) is 110 cm³/mol. The van der Waals surface area contributed by atoms with Crippen LogP contribution in [0.5, 0.6) is 0 Å². The average molecular weight is 407 g/mol. The van der Waals surface area contributed by atoms with Crippen LogP contribution in [0.25, 0.3) is 5.69 Å². The molecule has 2 heterocycles. The molecule has 4 rings (SSSR count). The fraction of sp³-hybridized carbons (Fsp3) is 0.318. The third kappa shape index (κ3) is 4.12. The monoisotopic (exact) mass is 407 g/mol. The maximum Gasteiger partial charge on any atom is 0.255 e. The first-order valence-corrected chi connectivity index (χ1v) is 9.98. The van der Waals surface area contributed by atoms with E-state index in [-0.39, 0.29) is 23.3 Å². The number of hydrogen-bond donors (Lipinski definition) is 2. The standard InChI is InChI=1S/C22H23N4O4/c23-20(28)18-13-15(10-12-26(18)22(30)14-4-5-14)21(29)24-16-6-8-17(9-7-16)25-11-2-1-3-19(25)27/h1-3,6-9,11,13-15,18H,4-5,10,12H2,(H2,23,28)(H,24,29). The van der Waals surface area contributed by atoms with Crippen LogP contribution in [0.3, 0.4) is 0 Å². The molecule has 1 radical (unpaired) electrons. The van der Waals surface area contributed by atoms with Gasteiger partial charge in [-0.15, -0.1) is 0 Å². The number of benzene rings is 1. The topological polar surface area (TPSA) is 114 Å². The Hall–Kier alpha value is -3.42. The molecule has 0 spiro atoms. The molecule has 2 aromatic rings. The van der Waals surface area contributed by atoms with Gasteiger partial charge in [-0.3, -0.25) is 23.7 Å². The van der Waals surface area contributed by atoms with Crippen molar-refractivity contribution in [3.63, 3.8) is 0 Å². The normalized spacial score (nSPS) is 21.1. The summed E-state index contributed by atoms with van der Waals surface area (Å²) in [5.74, 6) is -1.48. The summed E-state index contributed by atoms with van der Waals surface area (Å²) >= 11 is 0. The first-order chi connectivity index (χ1) is 14.4. The highest BCUT2D eigenvalue weighted by Gasteiger charge is 2.42. The van der Waals surface area contributed by atoms with Crippen LogP contribution >= 0.6 is 0 Å². The van der Waals surface area contributed by atoms with Gasteiger partial charge >= 0.3 is 0 Å². The van der Waals surface area contributed by atoms with Crippen LogP contribution in [0.15, 0.2) is 53.5 Å². The van der Waals surface area contributed by atoms with E-state index >= 15 is 0 Å². The number of carbonyl (C=O) groups excluding carboxylic acids is 3. The minimum Gasteiger partial charge on any atom is -0.368 e. The Morgan fingerprint density at radius 2 is 1.73 bits per heavy atom. The van der Waals surface area contributed by atoms with Crippen molar-refractivity contribution in [2.24, 2.45) is 17.6 Å². The third-order valence-electron chi connectivity index (χ3n) is 5.50. The Balaban J connectivity index is 1.41. The Morgan fingerprint density at radius 1 is 1.00 bits per heavy atom. The number of carbonyl (C=O) groups is 3. The summed E-state index contributed by atoms with van der Waals surface area (Å²) in [7, 11) is 0.